The van der Waals surface area contributed by atoms with E-state index in [2.05, 4.69) is 18.8 Å². The summed E-state index contributed by atoms with van der Waals surface area (Å²) in [6, 6.07) is 0. The van der Waals surface area contributed by atoms with E-state index in [-0.39, 0.29) is 11.3 Å². The van der Waals surface area contributed by atoms with Crippen molar-refractivity contribution < 1.29 is 4.79 Å². The fourth-order valence-electron chi connectivity index (χ4n) is 2.18. The van der Waals surface area contributed by atoms with Gasteiger partial charge < -0.3 is 10.2 Å². The average molecular weight is 210 g/mol. The third-order valence-corrected chi connectivity index (χ3v) is 2.97. The topological polar surface area (TPSA) is 32.3 Å². The monoisotopic (exact) mass is 210 g/mol. The standard InChI is InChI=1S/C12H22N2O/c1-10(2)8-14(4)11(15)12(3)6-5-7-13-9-12/h13H,1,5-9H2,2-4H3. The maximum atomic E-state index is 12.2. The molecule has 1 N–H and O–H groups in total. The minimum absolute atomic E-state index is 0.220. The van der Waals surface area contributed by atoms with Crippen molar-refractivity contribution in [2.24, 2.45) is 5.41 Å². The van der Waals surface area contributed by atoms with Gasteiger partial charge in [-0.05, 0) is 33.2 Å². The van der Waals surface area contributed by atoms with Gasteiger partial charge in [-0.2, -0.15) is 0 Å². The number of piperidine rings is 1. The third kappa shape index (κ3) is 3.06. The molecule has 0 aromatic carbocycles. The van der Waals surface area contributed by atoms with Gasteiger partial charge in [0.2, 0.25) is 5.91 Å². The van der Waals surface area contributed by atoms with Crippen LogP contribution in [0, 0.1) is 5.41 Å². The maximum absolute atomic E-state index is 12.2. The van der Waals surface area contributed by atoms with Crippen LogP contribution in [0.25, 0.3) is 0 Å². The summed E-state index contributed by atoms with van der Waals surface area (Å²) >= 11 is 0. The van der Waals surface area contributed by atoms with E-state index >= 15 is 0 Å². The quantitative estimate of drug-likeness (QED) is 0.714. The largest absolute Gasteiger partial charge is 0.341 e. The fourth-order valence-corrected chi connectivity index (χ4v) is 2.18. The van der Waals surface area contributed by atoms with E-state index in [9.17, 15) is 4.79 Å². The first kappa shape index (κ1) is 12.2. The van der Waals surface area contributed by atoms with E-state index < -0.39 is 0 Å². The summed E-state index contributed by atoms with van der Waals surface area (Å²) < 4.78 is 0. The summed E-state index contributed by atoms with van der Waals surface area (Å²) in [6.45, 7) is 10.3. The Morgan fingerprint density at radius 2 is 2.27 bits per heavy atom. The van der Waals surface area contributed by atoms with Crippen LogP contribution in [-0.2, 0) is 4.79 Å². The van der Waals surface area contributed by atoms with Crippen LogP contribution in [0.4, 0.5) is 0 Å². The lowest BCUT2D eigenvalue weighted by Gasteiger charge is -2.36. The second kappa shape index (κ2) is 4.79. The van der Waals surface area contributed by atoms with Crippen LogP contribution >= 0.6 is 0 Å². The molecule has 1 amide bonds. The number of rotatable bonds is 3. The molecule has 1 rings (SSSR count). The number of amides is 1. The molecule has 1 aliphatic heterocycles. The molecule has 0 aromatic heterocycles. The Hall–Kier alpha value is -0.830. The van der Waals surface area contributed by atoms with E-state index in [1.165, 1.54) is 0 Å². The Bertz CT molecular complexity index is 254. The number of likely N-dealkylation sites (N-methyl/N-ethyl adjacent to an activating group) is 1. The number of carbonyl (C=O) groups is 1. The van der Waals surface area contributed by atoms with Gasteiger partial charge >= 0.3 is 0 Å². The van der Waals surface area contributed by atoms with Crippen molar-refractivity contribution in [1.29, 1.82) is 0 Å². The van der Waals surface area contributed by atoms with E-state index in [4.69, 9.17) is 0 Å². The van der Waals surface area contributed by atoms with Crippen molar-refractivity contribution in [3.8, 4) is 0 Å². The molecule has 1 saturated heterocycles. The Kier molecular flexibility index (Phi) is 3.91. The van der Waals surface area contributed by atoms with Crippen LogP contribution < -0.4 is 5.32 Å². The summed E-state index contributed by atoms with van der Waals surface area (Å²) in [7, 11) is 1.86. The Labute approximate surface area is 92.5 Å². The van der Waals surface area contributed by atoms with Crippen molar-refractivity contribution in [3.63, 3.8) is 0 Å². The zero-order valence-corrected chi connectivity index (χ0v) is 10.1. The molecule has 0 aliphatic carbocycles. The van der Waals surface area contributed by atoms with Crippen molar-refractivity contribution in [2.75, 3.05) is 26.7 Å². The third-order valence-electron chi connectivity index (χ3n) is 2.97. The van der Waals surface area contributed by atoms with Crippen molar-refractivity contribution in [1.82, 2.24) is 10.2 Å². The van der Waals surface area contributed by atoms with Crippen LogP contribution in [0.2, 0.25) is 0 Å². The van der Waals surface area contributed by atoms with Crippen LogP contribution in [0.15, 0.2) is 12.2 Å². The summed E-state index contributed by atoms with van der Waals surface area (Å²) in [6.07, 6.45) is 2.07. The molecular formula is C12H22N2O. The lowest BCUT2D eigenvalue weighted by Crippen LogP contribution is -2.49. The molecule has 3 nitrogen and oxygen atoms in total. The van der Waals surface area contributed by atoms with Crippen LogP contribution in [0.1, 0.15) is 26.7 Å². The first-order chi connectivity index (χ1) is 6.96. The molecule has 1 aliphatic rings. The zero-order chi connectivity index (χ0) is 11.5. The number of carbonyl (C=O) groups excluding carboxylic acids is 1. The summed E-state index contributed by atoms with van der Waals surface area (Å²) in [5, 5.41) is 3.29. The van der Waals surface area contributed by atoms with Crippen LogP contribution in [-0.4, -0.2) is 37.5 Å². The van der Waals surface area contributed by atoms with Gasteiger partial charge in [-0.15, -0.1) is 0 Å². The highest BCUT2D eigenvalue weighted by Gasteiger charge is 2.36. The molecule has 0 saturated carbocycles. The minimum Gasteiger partial charge on any atom is -0.341 e. The maximum Gasteiger partial charge on any atom is 0.229 e. The Morgan fingerprint density at radius 3 is 2.73 bits per heavy atom. The zero-order valence-electron chi connectivity index (χ0n) is 10.1. The molecule has 15 heavy (non-hydrogen) atoms. The lowest BCUT2D eigenvalue weighted by molar-refractivity contribution is -0.140. The number of nitrogens with zero attached hydrogens (tertiary/aromatic N) is 1. The van der Waals surface area contributed by atoms with E-state index in [0.717, 1.165) is 31.5 Å². The van der Waals surface area contributed by atoms with Gasteiger partial charge in [0, 0.05) is 20.1 Å². The highest BCUT2D eigenvalue weighted by atomic mass is 16.2. The lowest BCUT2D eigenvalue weighted by atomic mass is 9.81. The average Bonchev–Trinajstić information content (AvgIpc) is 2.16. The predicted molar refractivity (Wildman–Crippen MR) is 62.7 cm³/mol. The van der Waals surface area contributed by atoms with E-state index in [1.807, 2.05) is 14.0 Å². The van der Waals surface area contributed by atoms with Gasteiger partial charge in [0.25, 0.3) is 0 Å². The first-order valence-electron chi connectivity index (χ1n) is 5.56. The normalized spacial score (nSPS) is 26.1. The second-order valence-electron chi connectivity index (χ2n) is 4.96. The van der Waals surface area contributed by atoms with Crippen LogP contribution in [0.3, 0.4) is 0 Å². The molecule has 0 bridgehead atoms. The molecule has 1 atom stereocenters. The number of hydrogen-bond acceptors (Lipinski definition) is 2. The Morgan fingerprint density at radius 1 is 1.60 bits per heavy atom. The second-order valence-corrected chi connectivity index (χ2v) is 4.96. The van der Waals surface area contributed by atoms with Crippen LogP contribution in [0.5, 0.6) is 0 Å². The molecule has 0 aromatic rings. The van der Waals surface area contributed by atoms with Gasteiger partial charge in [0.05, 0.1) is 5.41 Å². The minimum atomic E-state index is -0.220. The van der Waals surface area contributed by atoms with E-state index in [1.54, 1.807) is 4.90 Å². The molecule has 86 valence electrons. The number of hydrogen-bond donors (Lipinski definition) is 1. The van der Waals surface area contributed by atoms with E-state index in [0.29, 0.717) is 6.54 Å². The van der Waals surface area contributed by atoms with Gasteiger partial charge in [0.15, 0.2) is 0 Å². The van der Waals surface area contributed by atoms with Gasteiger partial charge in [-0.1, -0.05) is 12.2 Å². The molecule has 1 heterocycles. The summed E-state index contributed by atoms with van der Waals surface area (Å²) in [4.78, 5) is 14.0. The summed E-state index contributed by atoms with van der Waals surface area (Å²) in [5.74, 6) is 0.234. The molecule has 1 unspecified atom stereocenters. The molecule has 1 fully saturated rings. The molecule has 3 heteroatoms. The molecule has 0 radical (unpaired) electrons. The fraction of sp³-hybridized carbons (Fsp3) is 0.750. The highest BCUT2D eigenvalue weighted by molar-refractivity contribution is 5.82. The summed E-state index contributed by atoms with van der Waals surface area (Å²) in [5.41, 5.74) is 0.806. The van der Waals surface area contributed by atoms with Crippen molar-refractivity contribution in [3.05, 3.63) is 12.2 Å². The first-order valence-corrected chi connectivity index (χ1v) is 5.56. The highest BCUT2D eigenvalue weighted by Crippen LogP contribution is 2.27. The SMILES string of the molecule is C=C(C)CN(C)C(=O)C1(C)CCCNC1. The smallest absolute Gasteiger partial charge is 0.229 e. The Balaban J connectivity index is 2.61. The van der Waals surface area contributed by atoms with Gasteiger partial charge in [-0.3, -0.25) is 4.79 Å². The van der Waals surface area contributed by atoms with Crippen molar-refractivity contribution >= 4 is 5.91 Å². The predicted octanol–water partition coefficient (Wildman–Crippen LogP) is 1.41. The van der Waals surface area contributed by atoms with Gasteiger partial charge in [0.1, 0.15) is 0 Å². The molecule has 0 spiro atoms. The van der Waals surface area contributed by atoms with Gasteiger partial charge in [-0.25, -0.2) is 0 Å². The number of nitrogens with one attached hydrogen (secondary N) is 1. The molecular weight excluding hydrogens is 188 g/mol. The van der Waals surface area contributed by atoms with Crippen molar-refractivity contribution in [2.45, 2.75) is 26.7 Å².